The molecule has 0 saturated carbocycles. The third-order valence-corrected chi connectivity index (χ3v) is 5.53. The van der Waals surface area contributed by atoms with Crippen molar-refractivity contribution in [3.05, 3.63) is 35.9 Å². The number of nitrogens with one attached hydrogen (secondary N) is 2. The van der Waals surface area contributed by atoms with E-state index in [1.165, 1.54) is 5.56 Å². The summed E-state index contributed by atoms with van der Waals surface area (Å²) in [5.41, 5.74) is 1.26. The molecule has 2 amide bonds. The first-order valence-corrected chi connectivity index (χ1v) is 10.5. The minimum Gasteiger partial charge on any atom is -0.465 e. The Hall–Kier alpha value is -2.08. The molecule has 0 aromatic heterocycles. The average molecular weight is 390 g/mol. The second-order valence-corrected chi connectivity index (χ2v) is 8.16. The minimum absolute atomic E-state index is 0.0287. The Morgan fingerprint density at radius 1 is 1.32 bits per heavy atom. The molecule has 1 fully saturated rings. The Bertz CT molecular complexity index is 621. The molecule has 28 heavy (non-hydrogen) atoms. The van der Waals surface area contributed by atoms with E-state index in [-0.39, 0.29) is 18.0 Å². The van der Waals surface area contributed by atoms with Crippen LogP contribution < -0.4 is 10.6 Å². The molecule has 1 aliphatic heterocycles. The van der Waals surface area contributed by atoms with Gasteiger partial charge in [-0.05, 0) is 37.2 Å². The van der Waals surface area contributed by atoms with E-state index in [9.17, 15) is 9.59 Å². The molecule has 1 unspecified atom stereocenters. The molecule has 1 aliphatic rings. The highest BCUT2D eigenvalue weighted by molar-refractivity contribution is 5.82. The molecular weight excluding hydrogens is 354 g/mol. The van der Waals surface area contributed by atoms with E-state index in [1.807, 2.05) is 23.1 Å². The summed E-state index contributed by atoms with van der Waals surface area (Å²) in [6.45, 7) is 8.16. The van der Waals surface area contributed by atoms with Gasteiger partial charge >= 0.3 is 6.09 Å². The van der Waals surface area contributed by atoms with E-state index < -0.39 is 6.09 Å². The lowest BCUT2D eigenvalue weighted by atomic mass is 9.95. The SMILES string of the molecule is CCC(CN1CC[C@@H](CNC(=O)O)N[C@@H](CCC(C)C)C1=O)c1ccccc1. The van der Waals surface area contributed by atoms with Gasteiger partial charge in [-0.2, -0.15) is 0 Å². The summed E-state index contributed by atoms with van der Waals surface area (Å²) in [6.07, 6.45) is 2.44. The van der Waals surface area contributed by atoms with E-state index in [0.717, 1.165) is 25.7 Å². The first-order chi connectivity index (χ1) is 13.4. The quantitative estimate of drug-likeness (QED) is 0.604. The van der Waals surface area contributed by atoms with Crippen molar-refractivity contribution in [1.29, 1.82) is 0 Å². The average Bonchev–Trinajstić information content (AvgIpc) is 2.82. The van der Waals surface area contributed by atoms with Gasteiger partial charge in [-0.1, -0.05) is 51.1 Å². The predicted molar refractivity (Wildman–Crippen MR) is 111 cm³/mol. The van der Waals surface area contributed by atoms with E-state index in [2.05, 4.69) is 43.5 Å². The van der Waals surface area contributed by atoms with Gasteiger partial charge in [0.1, 0.15) is 0 Å². The molecule has 3 N–H and O–H groups in total. The van der Waals surface area contributed by atoms with Crippen molar-refractivity contribution in [3.63, 3.8) is 0 Å². The molecule has 0 bridgehead atoms. The van der Waals surface area contributed by atoms with Crippen LogP contribution in [-0.2, 0) is 4.79 Å². The van der Waals surface area contributed by atoms with Gasteiger partial charge < -0.3 is 20.6 Å². The smallest absolute Gasteiger partial charge is 0.404 e. The molecule has 0 radical (unpaired) electrons. The second-order valence-electron chi connectivity index (χ2n) is 8.16. The summed E-state index contributed by atoms with van der Waals surface area (Å²) in [4.78, 5) is 26.1. The monoisotopic (exact) mass is 389 g/mol. The number of hydrogen-bond acceptors (Lipinski definition) is 3. The van der Waals surface area contributed by atoms with Gasteiger partial charge in [0, 0.05) is 31.6 Å². The van der Waals surface area contributed by atoms with Crippen molar-refractivity contribution in [1.82, 2.24) is 15.5 Å². The van der Waals surface area contributed by atoms with Gasteiger partial charge in [0.2, 0.25) is 5.91 Å². The second kappa shape index (κ2) is 11.1. The van der Waals surface area contributed by atoms with E-state index in [4.69, 9.17) is 5.11 Å². The van der Waals surface area contributed by atoms with Crippen LogP contribution in [0.25, 0.3) is 0 Å². The highest BCUT2D eigenvalue weighted by Gasteiger charge is 2.32. The summed E-state index contributed by atoms with van der Waals surface area (Å²) >= 11 is 0. The molecule has 1 aromatic carbocycles. The van der Waals surface area contributed by atoms with Crippen molar-refractivity contribution < 1.29 is 14.7 Å². The van der Waals surface area contributed by atoms with Crippen molar-refractivity contribution >= 4 is 12.0 Å². The van der Waals surface area contributed by atoms with Crippen LogP contribution in [0, 0.1) is 5.92 Å². The van der Waals surface area contributed by atoms with Gasteiger partial charge in [-0.25, -0.2) is 4.79 Å². The molecule has 2 rings (SSSR count). The molecule has 1 heterocycles. The van der Waals surface area contributed by atoms with Crippen molar-refractivity contribution in [2.45, 2.75) is 64.5 Å². The number of benzene rings is 1. The Balaban J connectivity index is 2.11. The van der Waals surface area contributed by atoms with Crippen LogP contribution in [-0.4, -0.2) is 53.7 Å². The fourth-order valence-corrected chi connectivity index (χ4v) is 3.80. The Kier molecular flexibility index (Phi) is 8.77. The van der Waals surface area contributed by atoms with Crippen LogP contribution >= 0.6 is 0 Å². The molecular formula is C22H35N3O3. The summed E-state index contributed by atoms with van der Waals surface area (Å²) in [6, 6.07) is 10.1. The predicted octanol–water partition coefficient (Wildman–Crippen LogP) is 3.44. The van der Waals surface area contributed by atoms with Gasteiger partial charge in [-0.15, -0.1) is 0 Å². The first-order valence-electron chi connectivity index (χ1n) is 10.5. The molecule has 0 spiro atoms. The maximum absolute atomic E-state index is 13.3. The van der Waals surface area contributed by atoms with Gasteiger partial charge in [-0.3, -0.25) is 4.79 Å². The molecule has 156 valence electrons. The third-order valence-electron chi connectivity index (χ3n) is 5.53. The summed E-state index contributed by atoms with van der Waals surface area (Å²) in [7, 11) is 0. The number of nitrogens with zero attached hydrogens (tertiary/aromatic N) is 1. The van der Waals surface area contributed by atoms with Crippen molar-refractivity contribution in [2.24, 2.45) is 5.92 Å². The first kappa shape index (κ1) is 22.2. The van der Waals surface area contributed by atoms with E-state index in [0.29, 0.717) is 31.5 Å². The number of carbonyl (C=O) groups is 2. The van der Waals surface area contributed by atoms with Crippen LogP contribution in [0.3, 0.4) is 0 Å². The fourth-order valence-electron chi connectivity index (χ4n) is 3.80. The number of carbonyl (C=O) groups excluding carboxylic acids is 1. The van der Waals surface area contributed by atoms with Crippen molar-refractivity contribution in [3.8, 4) is 0 Å². The zero-order chi connectivity index (χ0) is 20.5. The highest BCUT2D eigenvalue weighted by Crippen LogP contribution is 2.23. The largest absolute Gasteiger partial charge is 0.465 e. The Morgan fingerprint density at radius 3 is 2.64 bits per heavy atom. The third kappa shape index (κ3) is 6.82. The maximum Gasteiger partial charge on any atom is 0.404 e. The fraction of sp³-hybridized carbons (Fsp3) is 0.636. The van der Waals surface area contributed by atoms with Crippen LogP contribution in [0.2, 0.25) is 0 Å². The van der Waals surface area contributed by atoms with Gasteiger partial charge in [0.05, 0.1) is 6.04 Å². The zero-order valence-electron chi connectivity index (χ0n) is 17.4. The standard InChI is InChI=1S/C22H35N3O3/c1-4-17(18-8-6-5-7-9-18)15-25-13-12-19(14-23-22(27)28)24-20(21(25)26)11-10-16(2)3/h5-9,16-17,19-20,23-24H,4,10-15H2,1-3H3,(H,27,28)/t17?,19-,20-/m0/s1. The highest BCUT2D eigenvalue weighted by atomic mass is 16.4. The van der Waals surface area contributed by atoms with E-state index >= 15 is 0 Å². The number of carboxylic acid groups (broad SMARTS) is 1. The maximum atomic E-state index is 13.3. The summed E-state index contributed by atoms with van der Waals surface area (Å²) in [5.74, 6) is 0.979. The Labute approximate surface area is 168 Å². The summed E-state index contributed by atoms with van der Waals surface area (Å²) in [5, 5.41) is 14.8. The van der Waals surface area contributed by atoms with Crippen molar-refractivity contribution in [2.75, 3.05) is 19.6 Å². The lowest BCUT2D eigenvalue weighted by Gasteiger charge is -2.29. The molecule has 6 heteroatoms. The molecule has 6 nitrogen and oxygen atoms in total. The van der Waals surface area contributed by atoms with Crippen LogP contribution in [0.4, 0.5) is 4.79 Å². The summed E-state index contributed by atoms with van der Waals surface area (Å²) < 4.78 is 0. The van der Waals surface area contributed by atoms with Crippen LogP contribution in [0.5, 0.6) is 0 Å². The van der Waals surface area contributed by atoms with Gasteiger partial charge in [0.15, 0.2) is 0 Å². The molecule has 0 aliphatic carbocycles. The van der Waals surface area contributed by atoms with Gasteiger partial charge in [0.25, 0.3) is 0 Å². The molecule has 1 aromatic rings. The normalized spacial score (nSPS) is 21.4. The number of hydrogen-bond donors (Lipinski definition) is 3. The lowest BCUT2D eigenvalue weighted by Crippen LogP contribution is -2.49. The number of amides is 2. The van der Waals surface area contributed by atoms with E-state index in [1.54, 1.807) is 0 Å². The van der Waals surface area contributed by atoms with Crippen LogP contribution in [0.1, 0.15) is 57.9 Å². The zero-order valence-corrected chi connectivity index (χ0v) is 17.4. The number of rotatable bonds is 9. The minimum atomic E-state index is -1.02. The molecule has 3 atom stereocenters. The lowest BCUT2D eigenvalue weighted by molar-refractivity contribution is -0.133. The molecule has 1 saturated heterocycles. The van der Waals surface area contributed by atoms with Crippen LogP contribution in [0.15, 0.2) is 30.3 Å². The topological polar surface area (TPSA) is 81.7 Å². The Morgan fingerprint density at radius 2 is 2.04 bits per heavy atom.